The van der Waals surface area contributed by atoms with Gasteiger partial charge in [0, 0.05) is 22.3 Å². The number of nitrogens with zero attached hydrogens (tertiary/aromatic N) is 1. The van der Waals surface area contributed by atoms with Gasteiger partial charge in [-0.25, -0.2) is 0 Å². The van der Waals surface area contributed by atoms with Gasteiger partial charge in [-0.05, 0) is 38.9 Å². The van der Waals surface area contributed by atoms with E-state index in [1.807, 2.05) is 11.3 Å². The highest BCUT2D eigenvalue weighted by Crippen LogP contribution is 2.28. The van der Waals surface area contributed by atoms with Crippen molar-refractivity contribution >= 4 is 11.3 Å². The average Bonchev–Trinajstić information content (AvgIpc) is 2.73. The van der Waals surface area contributed by atoms with Crippen molar-refractivity contribution in [3.05, 3.63) is 21.9 Å². The summed E-state index contributed by atoms with van der Waals surface area (Å²) in [5.74, 6) is 0. The van der Waals surface area contributed by atoms with E-state index in [-0.39, 0.29) is 0 Å². The summed E-state index contributed by atoms with van der Waals surface area (Å²) in [5, 5.41) is 0. The zero-order valence-corrected chi connectivity index (χ0v) is 11.7. The van der Waals surface area contributed by atoms with Gasteiger partial charge >= 0.3 is 0 Å². The lowest BCUT2D eigenvalue weighted by Crippen LogP contribution is -2.38. The Bertz CT molecular complexity index is 307. The number of hydrogen-bond donors (Lipinski definition) is 1. The zero-order valence-electron chi connectivity index (χ0n) is 10.9. The molecule has 0 radical (unpaired) electrons. The number of aryl methyl sites for hydroxylation is 1. The second kappa shape index (κ2) is 6.38. The van der Waals surface area contributed by atoms with E-state index in [0.29, 0.717) is 18.6 Å². The average molecular weight is 240 g/mol. The lowest BCUT2D eigenvalue weighted by atomic mass is 10.1. The van der Waals surface area contributed by atoms with Gasteiger partial charge in [0.15, 0.2) is 0 Å². The minimum absolute atomic E-state index is 0.385. The fourth-order valence-corrected chi connectivity index (χ4v) is 3.21. The Morgan fingerprint density at radius 3 is 2.38 bits per heavy atom. The maximum atomic E-state index is 5.93. The molecule has 2 N–H and O–H groups in total. The first-order chi connectivity index (χ1) is 7.63. The summed E-state index contributed by atoms with van der Waals surface area (Å²) in [6, 6.07) is 5.41. The van der Waals surface area contributed by atoms with Crippen LogP contribution in [0, 0.1) is 0 Å². The predicted molar refractivity (Wildman–Crippen MR) is 73.0 cm³/mol. The third-order valence-electron chi connectivity index (χ3n) is 3.01. The number of thiophene rings is 1. The molecule has 0 aliphatic carbocycles. The van der Waals surface area contributed by atoms with Gasteiger partial charge in [-0.15, -0.1) is 11.3 Å². The first-order valence-corrected chi connectivity index (χ1v) is 7.00. The topological polar surface area (TPSA) is 29.3 Å². The monoisotopic (exact) mass is 240 g/mol. The summed E-state index contributed by atoms with van der Waals surface area (Å²) >= 11 is 1.90. The molecule has 0 spiro atoms. The summed E-state index contributed by atoms with van der Waals surface area (Å²) in [7, 11) is 0. The van der Waals surface area contributed by atoms with Crippen molar-refractivity contribution in [3.8, 4) is 0 Å². The van der Waals surface area contributed by atoms with Crippen LogP contribution in [0.25, 0.3) is 0 Å². The van der Waals surface area contributed by atoms with Crippen LogP contribution in [0.5, 0.6) is 0 Å². The van der Waals surface area contributed by atoms with Crippen molar-refractivity contribution in [2.24, 2.45) is 5.73 Å². The molecule has 16 heavy (non-hydrogen) atoms. The fraction of sp³-hybridized carbons (Fsp3) is 0.692. The van der Waals surface area contributed by atoms with Gasteiger partial charge in [0.05, 0.1) is 6.04 Å². The summed E-state index contributed by atoms with van der Waals surface area (Å²) in [5.41, 5.74) is 5.93. The first-order valence-electron chi connectivity index (χ1n) is 6.18. The summed E-state index contributed by atoms with van der Waals surface area (Å²) in [6.45, 7) is 10.6. The second-order valence-corrected chi connectivity index (χ2v) is 5.53. The van der Waals surface area contributed by atoms with E-state index >= 15 is 0 Å². The zero-order chi connectivity index (χ0) is 12.1. The Morgan fingerprint density at radius 2 is 2.00 bits per heavy atom. The molecule has 0 aliphatic rings. The van der Waals surface area contributed by atoms with Gasteiger partial charge in [-0.1, -0.05) is 13.8 Å². The minimum Gasteiger partial charge on any atom is -0.329 e. The Labute approximate surface area is 103 Å². The fourth-order valence-electron chi connectivity index (χ4n) is 2.12. The van der Waals surface area contributed by atoms with Gasteiger partial charge < -0.3 is 5.73 Å². The van der Waals surface area contributed by atoms with E-state index in [4.69, 9.17) is 5.73 Å². The highest BCUT2D eigenvalue weighted by molar-refractivity contribution is 7.12. The molecule has 0 bridgehead atoms. The normalized spacial score (nSPS) is 13.7. The van der Waals surface area contributed by atoms with E-state index in [9.17, 15) is 0 Å². The number of hydrogen-bond acceptors (Lipinski definition) is 3. The van der Waals surface area contributed by atoms with Gasteiger partial charge in [0.1, 0.15) is 0 Å². The van der Waals surface area contributed by atoms with E-state index < -0.39 is 0 Å². The standard InChI is InChI=1S/C13H24N2S/c1-5-11-7-8-13(16-11)12(9-14)15(6-2)10(3)4/h7-8,10,12H,5-6,9,14H2,1-4H3. The molecule has 0 aliphatic heterocycles. The molecule has 0 saturated carbocycles. The van der Waals surface area contributed by atoms with Gasteiger partial charge in [-0.3, -0.25) is 4.90 Å². The van der Waals surface area contributed by atoms with E-state index in [0.717, 1.165) is 13.0 Å². The highest BCUT2D eigenvalue weighted by atomic mass is 32.1. The molecular weight excluding hydrogens is 216 g/mol. The molecule has 92 valence electrons. The van der Waals surface area contributed by atoms with Crippen LogP contribution in [0.2, 0.25) is 0 Å². The largest absolute Gasteiger partial charge is 0.329 e. The maximum absolute atomic E-state index is 5.93. The van der Waals surface area contributed by atoms with E-state index in [1.54, 1.807) is 0 Å². The molecule has 1 aromatic rings. The first kappa shape index (κ1) is 13.7. The van der Waals surface area contributed by atoms with Crippen LogP contribution in [-0.2, 0) is 6.42 Å². The van der Waals surface area contributed by atoms with Crippen molar-refractivity contribution in [2.45, 2.75) is 46.2 Å². The van der Waals surface area contributed by atoms with Gasteiger partial charge in [0.25, 0.3) is 0 Å². The van der Waals surface area contributed by atoms with Gasteiger partial charge in [-0.2, -0.15) is 0 Å². The molecule has 1 rings (SSSR count). The molecule has 0 fully saturated rings. The van der Waals surface area contributed by atoms with Crippen LogP contribution in [-0.4, -0.2) is 24.0 Å². The molecular formula is C13H24N2S. The van der Waals surface area contributed by atoms with Crippen molar-refractivity contribution in [2.75, 3.05) is 13.1 Å². The maximum Gasteiger partial charge on any atom is 0.0566 e. The van der Waals surface area contributed by atoms with Gasteiger partial charge in [0.2, 0.25) is 0 Å². The van der Waals surface area contributed by atoms with Crippen LogP contribution in [0.1, 0.15) is 43.5 Å². The van der Waals surface area contributed by atoms with Crippen molar-refractivity contribution in [1.82, 2.24) is 4.90 Å². The molecule has 0 aromatic carbocycles. The van der Waals surface area contributed by atoms with Crippen molar-refractivity contribution in [3.63, 3.8) is 0 Å². The molecule has 3 heteroatoms. The number of rotatable bonds is 6. The lowest BCUT2D eigenvalue weighted by molar-refractivity contribution is 0.169. The quantitative estimate of drug-likeness (QED) is 0.828. The van der Waals surface area contributed by atoms with E-state index in [2.05, 4.69) is 44.7 Å². The summed E-state index contributed by atoms with van der Waals surface area (Å²) in [4.78, 5) is 5.33. The lowest BCUT2D eigenvalue weighted by Gasteiger charge is -2.32. The summed E-state index contributed by atoms with van der Waals surface area (Å²) in [6.07, 6.45) is 1.12. The van der Waals surface area contributed by atoms with Crippen molar-refractivity contribution < 1.29 is 0 Å². The molecule has 0 amide bonds. The van der Waals surface area contributed by atoms with Crippen LogP contribution in [0.3, 0.4) is 0 Å². The van der Waals surface area contributed by atoms with Crippen LogP contribution in [0.15, 0.2) is 12.1 Å². The van der Waals surface area contributed by atoms with Crippen LogP contribution < -0.4 is 5.73 Å². The molecule has 1 unspecified atom stereocenters. The van der Waals surface area contributed by atoms with E-state index in [1.165, 1.54) is 9.75 Å². The highest BCUT2D eigenvalue weighted by Gasteiger charge is 2.21. The molecule has 1 atom stereocenters. The Kier molecular flexibility index (Phi) is 5.46. The second-order valence-electron chi connectivity index (χ2n) is 4.33. The third-order valence-corrected chi connectivity index (χ3v) is 4.34. The number of likely N-dealkylation sites (N-methyl/N-ethyl adjacent to an activating group) is 1. The number of nitrogens with two attached hydrogens (primary N) is 1. The molecule has 0 saturated heterocycles. The Balaban J connectivity index is 2.87. The SMILES string of the molecule is CCc1ccc(C(CN)N(CC)C(C)C)s1. The predicted octanol–water partition coefficient (Wildman–Crippen LogP) is 3.04. The van der Waals surface area contributed by atoms with Crippen LogP contribution >= 0.6 is 11.3 Å². The molecule has 2 nitrogen and oxygen atoms in total. The summed E-state index contributed by atoms with van der Waals surface area (Å²) < 4.78 is 0. The smallest absolute Gasteiger partial charge is 0.0566 e. The molecule has 1 heterocycles. The third kappa shape index (κ3) is 3.06. The van der Waals surface area contributed by atoms with Crippen LogP contribution in [0.4, 0.5) is 0 Å². The Morgan fingerprint density at radius 1 is 1.31 bits per heavy atom. The minimum atomic E-state index is 0.385. The van der Waals surface area contributed by atoms with Crippen molar-refractivity contribution in [1.29, 1.82) is 0 Å². The molecule has 1 aromatic heterocycles. The Hall–Kier alpha value is -0.380.